The number of aliphatic imine (C=N–C) groups is 1. The molecule has 5 nitrogen and oxygen atoms in total. The first-order valence-electron chi connectivity index (χ1n) is 9.92. The van der Waals surface area contributed by atoms with Crippen LogP contribution >= 0.6 is 0 Å². The van der Waals surface area contributed by atoms with Crippen LogP contribution in [0.1, 0.15) is 30.9 Å². The lowest BCUT2D eigenvalue weighted by molar-refractivity contribution is -0.138. The molecule has 1 aromatic carbocycles. The first-order chi connectivity index (χ1) is 13.8. The number of halogens is 4. The third-order valence-electron chi connectivity index (χ3n) is 5.01. The average molecular weight is 418 g/mol. The highest BCUT2D eigenvalue weighted by Crippen LogP contribution is 2.32. The van der Waals surface area contributed by atoms with Crippen molar-refractivity contribution in [1.29, 1.82) is 0 Å². The highest BCUT2D eigenvalue weighted by molar-refractivity contribution is 5.79. The fourth-order valence-corrected chi connectivity index (χ4v) is 3.33. The van der Waals surface area contributed by atoms with Gasteiger partial charge in [-0.05, 0) is 56.5 Å². The van der Waals surface area contributed by atoms with Crippen molar-refractivity contribution in [2.45, 2.75) is 32.5 Å². The molecule has 1 aliphatic rings. The monoisotopic (exact) mass is 418 g/mol. The molecule has 9 heteroatoms. The first-order valence-corrected chi connectivity index (χ1v) is 9.92. The van der Waals surface area contributed by atoms with Crippen LogP contribution in [0.3, 0.4) is 0 Å². The van der Waals surface area contributed by atoms with Gasteiger partial charge in [0.2, 0.25) is 0 Å². The summed E-state index contributed by atoms with van der Waals surface area (Å²) in [6.45, 7) is 6.69. The van der Waals surface area contributed by atoms with Crippen LogP contribution in [0.4, 0.5) is 17.6 Å². The molecule has 0 spiro atoms. The number of alkyl halides is 3. The average Bonchev–Trinajstić information content (AvgIpc) is 2.69. The van der Waals surface area contributed by atoms with E-state index in [1.54, 1.807) is 7.11 Å². The summed E-state index contributed by atoms with van der Waals surface area (Å²) in [5, 5.41) is 6.28. The van der Waals surface area contributed by atoms with E-state index < -0.39 is 17.6 Å². The molecule has 0 aromatic heterocycles. The minimum Gasteiger partial charge on any atom is -0.383 e. The predicted molar refractivity (Wildman–Crippen MR) is 105 cm³/mol. The summed E-state index contributed by atoms with van der Waals surface area (Å²) in [6.07, 6.45) is -2.52. The first kappa shape index (κ1) is 23.4. The SMILES string of the molecule is CCNC(=NCc1ccc(F)cc1C(F)(F)F)NCC1CCN(CCOC)CC1. The molecule has 0 atom stereocenters. The van der Waals surface area contributed by atoms with Gasteiger partial charge in [0, 0.05) is 26.7 Å². The van der Waals surface area contributed by atoms with Gasteiger partial charge in [0.15, 0.2) is 5.96 Å². The Bertz CT molecular complexity index is 658. The van der Waals surface area contributed by atoms with Gasteiger partial charge in [-0.2, -0.15) is 13.2 Å². The normalized spacial score (nSPS) is 16.8. The molecule has 1 aliphatic heterocycles. The Morgan fingerprint density at radius 2 is 1.97 bits per heavy atom. The number of nitrogens with one attached hydrogen (secondary N) is 2. The Morgan fingerprint density at radius 1 is 1.24 bits per heavy atom. The summed E-state index contributed by atoms with van der Waals surface area (Å²) in [7, 11) is 1.70. The number of guanidine groups is 1. The Morgan fingerprint density at radius 3 is 2.59 bits per heavy atom. The van der Waals surface area contributed by atoms with E-state index >= 15 is 0 Å². The Hall–Kier alpha value is -1.87. The van der Waals surface area contributed by atoms with Gasteiger partial charge in [-0.15, -0.1) is 0 Å². The molecule has 1 aromatic rings. The van der Waals surface area contributed by atoms with E-state index in [0.717, 1.165) is 51.2 Å². The van der Waals surface area contributed by atoms with Gasteiger partial charge in [-0.25, -0.2) is 9.38 Å². The molecule has 0 saturated carbocycles. The topological polar surface area (TPSA) is 48.9 Å². The number of nitrogens with zero attached hydrogens (tertiary/aromatic N) is 2. The van der Waals surface area contributed by atoms with Gasteiger partial charge in [0.05, 0.1) is 18.7 Å². The number of likely N-dealkylation sites (tertiary alicyclic amines) is 1. The van der Waals surface area contributed by atoms with E-state index in [1.807, 2.05) is 6.92 Å². The lowest BCUT2D eigenvalue weighted by Crippen LogP contribution is -2.43. The fraction of sp³-hybridized carbons (Fsp3) is 0.650. The van der Waals surface area contributed by atoms with E-state index in [-0.39, 0.29) is 12.1 Å². The Labute approximate surface area is 169 Å². The molecule has 2 N–H and O–H groups in total. The molecule has 29 heavy (non-hydrogen) atoms. The largest absolute Gasteiger partial charge is 0.416 e. The quantitative estimate of drug-likeness (QED) is 0.387. The summed E-state index contributed by atoms with van der Waals surface area (Å²) in [5.74, 6) is 0.0351. The summed E-state index contributed by atoms with van der Waals surface area (Å²) < 4.78 is 57.8. The van der Waals surface area contributed by atoms with Gasteiger partial charge in [0.1, 0.15) is 5.82 Å². The predicted octanol–water partition coefficient (Wildman–Crippen LogP) is 3.26. The maximum Gasteiger partial charge on any atom is 0.416 e. The molecule has 1 fully saturated rings. The van der Waals surface area contributed by atoms with Gasteiger partial charge >= 0.3 is 6.18 Å². The molecule has 1 saturated heterocycles. The van der Waals surface area contributed by atoms with Crippen molar-refractivity contribution in [2.75, 3.05) is 46.4 Å². The molecular formula is C20H30F4N4O. The number of ether oxygens (including phenoxy) is 1. The molecule has 0 bridgehead atoms. The smallest absolute Gasteiger partial charge is 0.383 e. The zero-order valence-electron chi connectivity index (χ0n) is 17.0. The molecule has 0 unspecified atom stereocenters. The number of hydrogen-bond donors (Lipinski definition) is 2. The van der Waals surface area contributed by atoms with Crippen LogP contribution in [-0.2, 0) is 17.5 Å². The van der Waals surface area contributed by atoms with E-state index in [9.17, 15) is 17.6 Å². The molecule has 2 rings (SSSR count). The Kier molecular flexibility index (Phi) is 9.16. The summed E-state index contributed by atoms with van der Waals surface area (Å²) >= 11 is 0. The lowest BCUT2D eigenvalue weighted by atomic mass is 9.97. The number of benzene rings is 1. The van der Waals surface area contributed by atoms with Crippen molar-refractivity contribution in [3.63, 3.8) is 0 Å². The van der Waals surface area contributed by atoms with Crippen molar-refractivity contribution in [1.82, 2.24) is 15.5 Å². The van der Waals surface area contributed by atoms with Crippen LogP contribution in [0.2, 0.25) is 0 Å². The van der Waals surface area contributed by atoms with E-state index in [0.29, 0.717) is 31.0 Å². The zero-order chi connectivity index (χ0) is 21.3. The second-order valence-electron chi connectivity index (χ2n) is 7.15. The summed E-state index contributed by atoms with van der Waals surface area (Å²) in [4.78, 5) is 6.64. The van der Waals surface area contributed by atoms with Gasteiger partial charge in [-0.1, -0.05) is 6.07 Å². The van der Waals surface area contributed by atoms with Crippen LogP contribution in [-0.4, -0.2) is 57.3 Å². The maximum absolute atomic E-state index is 13.2. The molecule has 0 amide bonds. The minimum atomic E-state index is -4.62. The van der Waals surface area contributed by atoms with E-state index in [4.69, 9.17) is 4.74 Å². The molecule has 164 valence electrons. The van der Waals surface area contributed by atoms with Crippen molar-refractivity contribution >= 4 is 5.96 Å². The molecule has 1 heterocycles. The van der Waals surface area contributed by atoms with Crippen LogP contribution in [0.25, 0.3) is 0 Å². The minimum absolute atomic E-state index is 0.0532. The number of rotatable bonds is 8. The van der Waals surface area contributed by atoms with Crippen molar-refractivity contribution in [3.05, 3.63) is 35.1 Å². The number of hydrogen-bond acceptors (Lipinski definition) is 3. The van der Waals surface area contributed by atoms with Crippen LogP contribution in [0, 0.1) is 11.7 Å². The molecule has 0 aliphatic carbocycles. The maximum atomic E-state index is 13.2. The second-order valence-corrected chi connectivity index (χ2v) is 7.15. The number of methoxy groups -OCH3 is 1. The zero-order valence-corrected chi connectivity index (χ0v) is 17.0. The summed E-state index contributed by atoms with van der Waals surface area (Å²) in [5.41, 5.74) is -1.04. The van der Waals surface area contributed by atoms with Gasteiger partial charge in [0.25, 0.3) is 0 Å². The highest BCUT2D eigenvalue weighted by atomic mass is 19.4. The Balaban J connectivity index is 1.93. The van der Waals surface area contributed by atoms with Gasteiger partial charge < -0.3 is 20.3 Å². The lowest BCUT2D eigenvalue weighted by Gasteiger charge is -2.32. The standard InChI is InChI=1S/C20H30F4N4O/c1-3-25-19(26-13-15-6-8-28(9-7-15)10-11-29-2)27-14-16-4-5-17(21)12-18(16)20(22,23)24/h4-5,12,15H,3,6-11,13-14H2,1-2H3,(H2,25,26,27). The summed E-state index contributed by atoms with van der Waals surface area (Å²) in [6, 6.07) is 2.68. The van der Waals surface area contributed by atoms with Crippen molar-refractivity contribution in [2.24, 2.45) is 10.9 Å². The molecular weight excluding hydrogens is 388 g/mol. The van der Waals surface area contributed by atoms with Crippen LogP contribution in [0.15, 0.2) is 23.2 Å². The van der Waals surface area contributed by atoms with Crippen LogP contribution in [0.5, 0.6) is 0 Å². The van der Waals surface area contributed by atoms with Crippen molar-refractivity contribution in [3.8, 4) is 0 Å². The highest BCUT2D eigenvalue weighted by Gasteiger charge is 2.33. The second kappa shape index (κ2) is 11.3. The fourth-order valence-electron chi connectivity index (χ4n) is 3.33. The van der Waals surface area contributed by atoms with Crippen molar-refractivity contribution < 1.29 is 22.3 Å². The van der Waals surface area contributed by atoms with E-state index in [2.05, 4.69) is 20.5 Å². The third kappa shape index (κ3) is 7.81. The third-order valence-corrected chi connectivity index (χ3v) is 5.01. The molecule has 0 radical (unpaired) electrons. The van der Waals surface area contributed by atoms with E-state index in [1.165, 1.54) is 0 Å². The van der Waals surface area contributed by atoms with Crippen LogP contribution < -0.4 is 10.6 Å². The number of piperidine rings is 1. The van der Waals surface area contributed by atoms with Gasteiger partial charge in [-0.3, -0.25) is 0 Å².